The maximum Gasteiger partial charge on any atom is 0.490 e. The van der Waals surface area contributed by atoms with E-state index >= 15 is 0 Å². The van der Waals surface area contributed by atoms with Gasteiger partial charge < -0.3 is 19.7 Å². The molecule has 1 aromatic carbocycles. The predicted octanol–water partition coefficient (Wildman–Crippen LogP) is 4.30. The van der Waals surface area contributed by atoms with E-state index in [0.29, 0.717) is 12.6 Å². The van der Waals surface area contributed by atoms with E-state index < -0.39 is 24.3 Å². The molecule has 15 heteroatoms. The van der Waals surface area contributed by atoms with Gasteiger partial charge in [-0.2, -0.15) is 26.3 Å². The summed E-state index contributed by atoms with van der Waals surface area (Å²) in [7, 11) is 0. The summed E-state index contributed by atoms with van der Waals surface area (Å²) >= 11 is 0. The summed E-state index contributed by atoms with van der Waals surface area (Å²) in [6.07, 6.45) is -4.51. The maximum atomic E-state index is 13.1. The summed E-state index contributed by atoms with van der Waals surface area (Å²) in [4.78, 5) is 24.3. The molecule has 2 fully saturated rings. The van der Waals surface area contributed by atoms with Gasteiger partial charge in [0.15, 0.2) is 0 Å². The molecule has 4 rings (SSSR count). The number of halogens is 7. The molecule has 2 heterocycles. The first-order valence-corrected chi connectivity index (χ1v) is 11.0. The SMILES string of the molecule is Fc1ccc(CN2CCO[C@H]3[C@H](Oc4cccnc4)CC[C@@H]32)cc1.O=C(O)C(F)(F)F.O=C(O)C(F)(F)F. The predicted molar refractivity (Wildman–Crippen MR) is 116 cm³/mol. The van der Waals surface area contributed by atoms with E-state index in [1.165, 1.54) is 12.1 Å². The number of carbonyl (C=O) groups is 2. The molecule has 2 N–H and O–H groups in total. The van der Waals surface area contributed by atoms with Gasteiger partial charge in [-0.05, 0) is 42.7 Å². The number of benzene rings is 1. The molecule has 2 aliphatic rings. The zero-order valence-corrected chi connectivity index (χ0v) is 19.5. The number of ether oxygens (including phenoxy) is 2. The number of morpholine rings is 1. The molecule has 0 radical (unpaired) electrons. The fourth-order valence-electron chi connectivity index (χ4n) is 3.73. The first-order chi connectivity index (χ1) is 17.7. The van der Waals surface area contributed by atoms with Crippen LogP contribution in [0.1, 0.15) is 18.4 Å². The average Bonchev–Trinajstić information content (AvgIpc) is 3.24. The van der Waals surface area contributed by atoms with E-state index in [1.807, 2.05) is 24.3 Å². The number of hydrogen-bond acceptors (Lipinski definition) is 6. The van der Waals surface area contributed by atoms with Crippen LogP contribution in [-0.2, 0) is 20.9 Å². The van der Waals surface area contributed by atoms with Gasteiger partial charge in [0.05, 0.1) is 12.8 Å². The van der Waals surface area contributed by atoms with Crippen LogP contribution in [0.3, 0.4) is 0 Å². The van der Waals surface area contributed by atoms with E-state index in [0.717, 1.165) is 37.2 Å². The Kier molecular flexibility index (Phi) is 10.8. The Morgan fingerprint density at radius 3 is 2.08 bits per heavy atom. The van der Waals surface area contributed by atoms with Gasteiger partial charge in [-0.3, -0.25) is 9.88 Å². The third-order valence-electron chi connectivity index (χ3n) is 5.36. The van der Waals surface area contributed by atoms with Crippen LogP contribution in [0.2, 0.25) is 0 Å². The molecule has 0 amide bonds. The molecule has 1 saturated heterocycles. The highest BCUT2D eigenvalue weighted by molar-refractivity contribution is 5.73. The van der Waals surface area contributed by atoms with Gasteiger partial charge in [-0.1, -0.05) is 12.1 Å². The van der Waals surface area contributed by atoms with Gasteiger partial charge in [0.1, 0.15) is 23.8 Å². The first-order valence-electron chi connectivity index (χ1n) is 11.0. The Bertz CT molecular complexity index is 1010. The van der Waals surface area contributed by atoms with Crippen molar-refractivity contribution in [2.45, 2.75) is 50.0 Å². The monoisotopic (exact) mass is 556 g/mol. The van der Waals surface area contributed by atoms with Crippen LogP contribution in [0.4, 0.5) is 30.7 Å². The lowest BCUT2D eigenvalue weighted by atomic mass is 10.1. The van der Waals surface area contributed by atoms with Gasteiger partial charge in [-0.25, -0.2) is 14.0 Å². The maximum absolute atomic E-state index is 13.1. The molecule has 8 nitrogen and oxygen atoms in total. The Morgan fingerprint density at radius 1 is 1.00 bits per heavy atom. The van der Waals surface area contributed by atoms with Crippen LogP contribution >= 0.6 is 0 Å². The van der Waals surface area contributed by atoms with Gasteiger partial charge >= 0.3 is 24.3 Å². The fourth-order valence-corrected chi connectivity index (χ4v) is 3.73. The molecule has 0 bridgehead atoms. The van der Waals surface area contributed by atoms with Crippen LogP contribution in [0.25, 0.3) is 0 Å². The van der Waals surface area contributed by atoms with Crippen LogP contribution in [-0.4, -0.2) is 75.8 Å². The van der Waals surface area contributed by atoms with Crippen molar-refractivity contribution < 1.29 is 60.0 Å². The molecule has 0 spiro atoms. The van der Waals surface area contributed by atoms with Crippen LogP contribution in [0.15, 0.2) is 48.8 Å². The first kappa shape index (κ1) is 30.8. The molecule has 38 heavy (non-hydrogen) atoms. The second kappa shape index (κ2) is 13.4. The number of nitrogens with zero attached hydrogens (tertiary/aromatic N) is 2. The second-order valence-electron chi connectivity index (χ2n) is 8.03. The Hall–Kier alpha value is -3.46. The average molecular weight is 556 g/mol. The molecular weight excluding hydrogens is 533 g/mol. The summed E-state index contributed by atoms with van der Waals surface area (Å²) in [5.74, 6) is -4.91. The number of carboxylic acids is 2. The summed E-state index contributed by atoms with van der Waals surface area (Å²) in [6.45, 7) is 2.43. The second-order valence-corrected chi connectivity index (χ2v) is 8.03. The lowest BCUT2D eigenvalue weighted by Crippen LogP contribution is -2.51. The topological polar surface area (TPSA) is 109 Å². The van der Waals surface area contributed by atoms with Crippen LogP contribution < -0.4 is 4.74 Å². The molecule has 2 aromatic rings. The van der Waals surface area contributed by atoms with Crippen LogP contribution in [0.5, 0.6) is 5.75 Å². The smallest absolute Gasteiger partial charge is 0.486 e. The fraction of sp³-hybridized carbons (Fsp3) is 0.435. The minimum Gasteiger partial charge on any atom is -0.486 e. The lowest BCUT2D eigenvalue weighted by molar-refractivity contribution is -0.193. The number of rotatable bonds is 4. The summed E-state index contributed by atoms with van der Waals surface area (Å²) in [6, 6.07) is 10.9. The van der Waals surface area contributed by atoms with Crippen molar-refractivity contribution in [2.24, 2.45) is 0 Å². The molecule has 210 valence electrons. The van der Waals surface area contributed by atoms with Crippen molar-refractivity contribution >= 4 is 11.9 Å². The molecule has 1 saturated carbocycles. The van der Waals surface area contributed by atoms with E-state index in [-0.39, 0.29) is 18.0 Å². The summed E-state index contributed by atoms with van der Waals surface area (Å²) < 4.78 is 88.7. The third-order valence-corrected chi connectivity index (χ3v) is 5.36. The van der Waals surface area contributed by atoms with Gasteiger partial charge in [0, 0.05) is 25.3 Å². The highest BCUT2D eigenvalue weighted by Gasteiger charge is 2.44. The van der Waals surface area contributed by atoms with Crippen molar-refractivity contribution in [3.05, 3.63) is 60.2 Å². The number of aliphatic carboxylic acids is 2. The van der Waals surface area contributed by atoms with E-state index in [1.54, 1.807) is 12.4 Å². The number of aromatic nitrogens is 1. The minimum atomic E-state index is -5.08. The Balaban J connectivity index is 0.000000301. The van der Waals surface area contributed by atoms with Gasteiger partial charge in [0.25, 0.3) is 0 Å². The normalized spacial score (nSPS) is 21.2. The molecule has 1 aliphatic heterocycles. The number of carboxylic acid groups (broad SMARTS) is 2. The molecular formula is C23H23F7N2O6. The van der Waals surface area contributed by atoms with Crippen molar-refractivity contribution in [1.82, 2.24) is 9.88 Å². The zero-order chi connectivity index (χ0) is 28.5. The zero-order valence-electron chi connectivity index (χ0n) is 19.5. The van der Waals surface area contributed by atoms with Crippen LogP contribution in [0, 0.1) is 5.82 Å². The standard InChI is InChI=1S/C19H21FN2O2.2C2HF3O2/c20-15-5-3-14(4-6-15)13-22-10-11-23-19-17(22)7-8-18(19)24-16-2-1-9-21-12-16;2*3-2(4,5)1(6)7/h1-6,9,12,17-19H,7-8,10-11,13H2;2*(H,6,7)/t17-,18+,19+;;/m0../s1. The van der Waals surface area contributed by atoms with Crippen molar-refractivity contribution in [3.8, 4) is 5.75 Å². The third kappa shape index (κ3) is 9.78. The van der Waals surface area contributed by atoms with Crippen molar-refractivity contribution in [2.75, 3.05) is 13.2 Å². The highest BCUT2D eigenvalue weighted by atomic mass is 19.4. The Labute approximate surface area is 211 Å². The molecule has 0 unspecified atom stereocenters. The van der Waals surface area contributed by atoms with Crippen molar-refractivity contribution in [3.63, 3.8) is 0 Å². The quantitative estimate of drug-likeness (QED) is 0.537. The number of alkyl halides is 6. The highest BCUT2D eigenvalue weighted by Crippen LogP contribution is 2.33. The lowest BCUT2D eigenvalue weighted by Gasteiger charge is -2.39. The van der Waals surface area contributed by atoms with E-state index in [4.69, 9.17) is 29.3 Å². The molecule has 1 aliphatic carbocycles. The summed E-state index contributed by atoms with van der Waals surface area (Å²) in [5.41, 5.74) is 1.13. The number of fused-ring (bicyclic) bond motifs is 1. The number of pyridine rings is 1. The minimum absolute atomic E-state index is 0.0650. The van der Waals surface area contributed by atoms with Crippen molar-refractivity contribution in [1.29, 1.82) is 0 Å². The summed E-state index contributed by atoms with van der Waals surface area (Å²) in [5, 5.41) is 14.2. The Morgan fingerprint density at radius 2 is 1.58 bits per heavy atom. The van der Waals surface area contributed by atoms with E-state index in [9.17, 15) is 30.7 Å². The van der Waals surface area contributed by atoms with E-state index in [2.05, 4.69) is 9.88 Å². The van der Waals surface area contributed by atoms with Gasteiger partial charge in [-0.15, -0.1) is 0 Å². The number of hydrogen-bond donors (Lipinski definition) is 2. The van der Waals surface area contributed by atoms with Gasteiger partial charge in [0.2, 0.25) is 0 Å². The molecule has 1 aromatic heterocycles. The largest absolute Gasteiger partial charge is 0.490 e. The molecule has 3 atom stereocenters.